The van der Waals surface area contributed by atoms with Gasteiger partial charge in [0.25, 0.3) is 5.56 Å². The molecule has 0 saturated carbocycles. The number of nitrogens with zero attached hydrogens (tertiary/aromatic N) is 1. The van der Waals surface area contributed by atoms with Crippen molar-refractivity contribution in [2.24, 2.45) is 0 Å². The summed E-state index contributed by atoms with van der Waals surface area (Å²) < 4.78 is 7.01. The number of ether oxygens (including phenoxy) is 1. The monoisotopic (exact) mass is 294 g/mol. The largest absolute Gasteiger partial charge is 0.383 e. The summed E-state index contributed by atoms with van der Waals surface area (Å²) in [4.78, 5) is 12.7. The molecule has 0 saturated heterocycles. The number of pyridine rings is 1. The zero-order valence-electron chi connectivity index (χ0n) is 14.2. The molecule has 0 bridgehead atoms. The second kappa shape index (κ2) is 8.35. The zero-order chi connectivity index (χ0) is 15.9. The summed E-state index contributed by atoms with van der Waals surface area (Å²) in [5.41, 5.74) is 1.93. The molecular weight excluding hydrogens is 264 g/mol. The van der Waals surface area contributed by atoms with Crippen molar-refractivity contribution >= 4 is 0 Å². The Bertz CT molecular complexity index is 487. The van der Waals surface area contributed by atoms with Crippen LogP contribution in [0.2, 0.25) is 0 Å². The van der Waals surface area contributed by atoms with Crippen LogP contribution in [0.4, 0.5) is 0 Å². The molecule has 1 rings (SSSR count). The molecule has 0 aliphatic carbocycles. The number of hydrogen-bond donors (Lipinski definition) is 1. The Kier molecular flexibility index (Phi) is 7.12. The van der Waals surface area contributed by atoms with Crippen molar-refractivity contribution in [2.45, 2.75) is 59.0 Å². The molecule has 4 nitrogen and oxygen atoms in total. The van der Waals surface area contributed by atoms with Crippen molar-refractivity contribution in [3.8, 4) is 0 Å². The summed E-state index contributed by atoms with van der Waals surface area (Å²) in [6.45, 7) is 11.3. The van der Waals surface area contributed by atoms with Gasteiger partial charge in [-0.15, -0.1) is 0 Å². The van der Waals surface area contributed by atoms with E-state index in [2.05, 4.69) is 39.1 Å². The fourth-order valence-corrected chi connectivity index (χ4v) is 2.34. The minimum Gasteiger partial charge on any atom is -0.383 e. The summed E-state index contributed by atoms with van der Waals surface area (Å²) in [5, 5.41) is 3.34. The first-order chi connectivity index (χ1) is 9.91. The molecule has 0 fully saturated rings. The van der Waals surface area contributed by atoms with E-state index in [9.17, 15) is 4.79 Å². The molecule has 120 valence electrons. The van der Waals surface area contributed by atoms with Crippen molar-refractivity contribution in [2.75, 3.05) is 20.3 Å². The maximum absolute atomic E-state index is 12.7. The zero-order valence-corrected chi connectivity index (χ0v) is 14.2. The lowest BCUT2D eigenvalue weighted by atomic mass is 9.90. The predicted octanol–water partition coefficient (Wildman–Crippen LogP) is 2.68. The average molecular weight is 294 g/mol. The summed E-state index contributed by atoms with van der Waals surface area (Å²) in [5.74, 6) is 0. The smallest absolute Gasteiger partial charge is 0.255 e. The van der Waals surface area contributed by atoms with Crippen molar-refractivity contribution in [1.82, 2.24) is 9.88 Å². The van der Waals surface area contributed by atoms with E-state index in [1.807, 2.05) is 10.6 Å². The van der Waals surface area contributed by atoms with Gasteiger partial charge >= 0.3 is 0 Å². The normalized spacial score (nSPS) is 11.9. The second-order valence-electron chi connectivity index (χ2n) is 6.47. The summed E-state index contributed by atoms with van der Waals surface area (Å²) in [7, 11) is 1.66. The number of nitrogens with one attached hydrogen (secondary N) is 1. The molecule has 0 aromatic carbocycles. The van der Waals surface area contributed by atoms with Gasteiger partial charge in [-0.1, -0.05) is 40.2 Å². The lowest BCUT2D eigenvalue weighted by Crippen LogP contribution is -2.34. The molecule has 0 aliphatic heterocycles. The van der Waals surface area contributed by atoms with E-state index in [-0.39, 0.29) is 11.0 Å². The van der Waals surface area contributed by atoms with Crippen LogP contribution < -0.4 is 10.9 Å². The van der Waals surface area contributed by atoms with Crippen LogP contribution in [0.3, 0.4) is 0 Å². The Labute approximate surface area is 128 Å². The molecule has 0 spiro atoms. The van der Waals surface area contributed by atoms with Gasteiger partial charge in [-0.2, -0.15) is 0 Å². The lowest BCUT2D eigenvalue weighted by molar-refractivity contribution is 0.184. The van der Waals surface area contributed by atoms with Crippen LogP contribution in [0.25, 0.3) is 0 Å². The van der Waals surface area contributed by atoms with E-state index in [4.69, 9.17) is 4.74 Å². The van der Waals surface area contributed by atoms with Crippen LogP contribution >= 0.6 is 0 Å². The van der Waals surface area contributed by atoms with E-state index in [1.165, 1.54) is 0 Å². The SMILES string of the molecule is CCCCNCc1ccc(C(C)(C)C)n(CCOC)c1=O. The molecule has 1 aromatic rings. The Morgan fingerprint density at radius 3 is 2.57 bits per heavy atom. The molecule has 0 unspecified atom stereocenters. The van der Waals surface area contributed by atoms with Crippen molar-refractivity contribution < 1.29 is 4.74 Å². The Hall–Kier alpha value is -1.13. The van der Waals surface area contributed by atoms with Crippen LogP contribution in [-0.4, -0.2) is 24.8 Å². The number of aromatic nitrogens is 1. The Morgan fingerprint density at radius 2 is 2.00 bits per heavy atom. The lowest BCUT2D eigenvalue weighted by Gasteiger charge is -2.25. The fourth-order valence-electron chi connectivity index (χ4n) is 2.34. The number of rotatable bonds is 8. The number of methoxy groups -OCH3 is 1. The van der Waals surface area contributed by atoms with Gasteiger partial charge in [0.15, 0.2) is 0 Å². The van der Waals surface area contributed by atoms with Crippen LogP contribution in [0.15, 0.2) is 16.9 Å². The van der Waals surface area contributed by atoms with Crippen molar-refractivity contribution in [3.63, 3.8) is 0 Å². The van der Waals surface area contributed by atoms with Crippen molar-refractivity contribution in [1.29, 1.82) is 0 Å². The van der Waals surface area contributed by atoms with Gasteiger partial charge < -0.3 is 14.6 Å². The summed E-state index contributed by atoms with van der Waals surface area (Å²) >= 11 is 0. The second-order valence-corrected chi connectivity index (χ2v) is 6.47. The first-order valence-electron chi connectivity index (χ1n) is 7.84. The maximum atomic E-state index is 12.7. The van der Waals surface area contributed by atoms with Crippen LogP contribution in [-0.2, 0) is 23.2 Å². The van der Waals surface area contributed by atoms with Crippen LogP contribution in [0, 0.1) is 0 Å². The highest BCUT2D eigenvalue weighted by molar-refractivity contribution is 5.21. The number of hydrogen-bond acceptors (Lipinski definition) is 3. The van der Waals surface area contributed by atoms with E-state index in [0.29, 0.717) is 19.7 Å². The first-order valence-corrected chi connectivity index (χ1v) is 7.84. The van der Waals surface area contributed by atoms with Gasteiger partial charge in [-0.3, -0.25) is 4.79 Å². The molecule has 0 amide bonds. The molecule has 0 aliphatic rings. The van der Waals surface area contributed by atoms with Gasteiger partial charge in [-0.05, 0) is 19.0 Å². The molecule has 1 heterocycles. The number of unbranched alkanes of at least 4 members (excludes halogenated alkanes) is 1. The molecule has 0 atom stereocenters. The van der Waals surface area contributed by atoms with Crippen LogP contribution in [0.5, 0.6) is 0 Å². The third-order valence-electron chi connectivity index (χ3n) is 3.56. The van der Waals surface area contributed by atoms with E-state index < -0.39 is 0 Å². The molecular formula is C17H30N2O2. The standard InChI is InChI=1S/C17H30N2O2/c1-6-7-10-18-13-14-8-9-15(17(2,3)4)19(16(14)20)11-12-21-5/h8-9,18H,6-7,10-13H2,1-5H3. The predicted molar refractivity (Wildman–Crippen MR) is 87.9 cm³/mol. The van der Waals surface area contributed by atoms with Crippen LogP contribution in [0.1, 0.15) is 51.8 Å². The topological polar surface area (TPSA) is 43.3 Å². The molecule has 0 radical (unpaired) electrons. The van der Waals surface area contributed by atoms with E-state index >= 15 is 0 Å². The van der Waals surface area contributed by atoms with Gasteiger partial charge in [0.2, 0.25) is 0 Å². The fraction of sp³-hybridized carbons (Fsp3) is 0.706. The Balaban J connectivity index is 3.00. The Morgan fingerprint density at radius 1 is 1.29 bits per heavy atom. The highest BCUT2D eigenvalue weighted by Crippen LogP contribution is 2.21. The summed E-state index contributed by atoms with van der Waals surface area (Å²) in [6, 6.07) is 4.04. The average Bonchev–Trinajstić information content (AvgIpc) is 2.42. The van der Waals surface area contributed by atoms with E-state index in [0.717, 1.165) is 30.6 Å². The minimum atomic E-state index is -0.0545. The third kappa shape index (κ3) is 5.29. The molecule has 1 aromatic heterocycles. The van der Waals surface area contributed by atoms with Gasteiger partial charge in [0, 0.05) is 36.9 Å². The van der Waals surface area contributed by atoms with E-state index in [1.54, 1.807) is 7.11 Å². The first kappa shape index (κ1) is 17.9. The quantitative estimate of drug-likeness (QED) is 0.750. The van der Waals surface area contributed by atoms with Crippen molar-refractivity contribution in [3.05, 3.63) is 33.7 Å². The summed E-state index contributed by atoms with van der Waals surface area (Å²) in [6.07, 6.45) is 2.30. The van der Waals surface area contributed by atoms with Gasteiger partial charge in [0.05, 0.1) is 6.61 Å². The highest BCUT2D eigenvalue weighted by atomic mass is 16.5. The van der Waals surface area contributed by atoms with Gasteiger partial charge in [0.1, 0.15) is 0 Å². The molecule has 1 N–H and O–H groups in total. The maximum Gasteiger partial charge on any atom is 0.255 e. The third-order valence-corrected chi connectivity index (χ3v) is 3.56. The van der Waals surface area contributed by atoms with Gasteiger partial charge in [-0.25, -0.2) is 0 Å². The molecule has 4 heteroatoms. The molecule has 21 heavy (non-hydrogen) atoms. The highest BCUT2D eigenvalue weighted by Gasteiger charge is 2.19. The minimum absolute atomic E-state index is 0.0545.